The van der Waals surface area contributed by atoms with Gasteiger partial charge in [-0.05, 0) is 44.5 Å². The Morgan fingerprint density at radius 3 is 2.69 bits per heavy atom. The fourth-order valence-corrected chi connectivity index (χ4v) is 4.64. The maximum absolute atomic E-state index is 13.6. The first-order chi connectivity index (χ1) is 12.1. The molecule has 0 unspecified atom stereocenters. The van der Waals surface area contributed by atoms with E-state index in [9.17, 15) is 26.0 Å². The molecule has 26 heavy (non-hydrogen) atoms. The third-order valence-electron chi connectivity index (χ3n) is 5.11. The van der Waals surface area contributed by atoms with Crippen LogP contribution in [0.4, 0.5) is 17.6 Å². The number of nitrogens with zero attached hydrogens (tertiary/aromatic N) is 3. The number of likely N-dealkylation sites (N-methyl/N-ethyl adjacent to an activating group) is 1. The number of pyridine rings is 1. The molecule has 146 valence electrons. The highest BCUT2D eigenvalue weighted by Gasteiger charge is 2.60. The van der Waals surface area contributed by atoms with E-state index < -0.39 is 26.9 Å². The molecule has 0 aliphatic carbocycles. The Morgan fingerprint density at radius 1 is 1.38 bits per heavy atom. The number of hydrogen-bond acceptors (Lipinski definition) is 5. The van der Waals surface area contributed by atoms with E-state index in [4.69, 9.17) is 4.74 Å². The van der Waals surface area contributed by atoms with Gasteiger partial charge in [-0.25, -0.2) is 17.8 Å². The second-order valence-electron chi connectivity index (χ2n) is 6.82. The molecule has 3 heterocycles. The Morgan fingerprint density at radius 2 is 2.08 bits per heavy atom. The van der Waals surface area contributed by atoms with Gasteiger partial charge in [-0.2, -0.15) is 17.5 Å². The lowest BCUT2D eigenvalue weighted by Gasteiger charge is -2.57. The van der Waals surface area contributed by atoms with Crippen LogP contribution >= 0.6 is 0 Å². The van der Waals surface area contributed by atoms with Crippen molar-refractivity contribution in [3.63, 3.8) is 0 Å². The quantitative estimate of drug-likeness (QED) is 0.726. The maximum atomic E-state index is 13.6. The number of hydrogen-bond donors (Lipinski definition) is 0. The van der Waals surface area contributed by atoms with E-state index in [0.29, 0.717) is 17.3 Å². The average molecular weight is 397 g/mol. The first-order valence-electron chi connectivity index (χ1n) is 8.06. The van der Waals surface area contributed by atoms with Crippen LogP contribution in [0.15, 0.2) is 18.3 Å². The lowest BCUT2D eigenvalue weighted by atomic mass is 9.77. The van der Waals surface area contributed by atoms with Crippen LogP contribution in [0.5, 0.6) is 5.88 Å². The number of aromatic nitrogens is 1. The smallest absolute Gasteiger partial charge is 0.475 e. The first kappa shape index (κ1) is 19.3. The molecule has 1 aromatic heterocycles. The van der Waals surface area contributed by atoms with Gasteiger partial charge in [0.1, 0.15) is 0 Å². The summed E-state index contributed by atoms with van der Waals surface area (Å²) in [5.41, 5.74) is -5.94. The molecule has 1 atom stereocenters. The molecule has 0 amide bonds. The third-order valence-corrected chi connectivity index (χ3v) is 6.63. The van der Waals surface area contributed by atoms with Crippen molar-refractivity contribution in [2.24, 2.45) is 5.92 Å². The fourth-order valence-electron chi connectivity index (χ4n) is 3.52. The highest BCUT2D eigenvalue weighted by Crippen LogP contribution is 2.42. The van der Waals surface area contributed by atoms with Gasteiger partial charge in [0.15, 0.2) is 5.82 Å². The Kier molecular flexibility index (Phi) is 4.91. The van der Waals surface area contributed by atoms with Crippen molar-refractivity contribution in [2.75, 3.05) is 33.3 Å². The Balaban J connectivity index is 1.62. The van der Waals surface area contributed by atoms with Crippen LogP contribution in [-0.4, -0.2) is 66.9 Å². The number of rotatable bonds is 4. The van der Waals surface area contributed by atoms with Crippen LogP contribution in [0.25, 0.3) is 0 Å². The monoisotopic (exact) mass is 397 g/mol. The van der Waals surface area contributed by atoms with E-state index >= 15 is 0 Å². The summed E-state index contributed by atoms with van der Waals surface area (Å²) in [6, 6.07) is 2.67. The van der Waals surface area contributed by atoms with E-state index in [1.807, 2.05) is 4.90 Å². The zero-order valence-corrected chi connectivity index (χ0v) is 14.9. The second kappa shape index (κ2) is 6.61. The van der Waals surface area contributed by atoms with Gasteiger partial charge < -0.3 is 4.74 Å². The van der Waals surface area contributed by atoms with Crippen molar-refractivity contribution < 1.29 is 30.7 Å². The Labute approximate surface area is 148 Å². The molecule has 2 saturated heterocycles. The minimum absolute atomic E-state index is 0.0247. The van der Waals surface area contributed by atoms with Crippen LogP contribution in [0, 0.1) is 11.7 Å². The zero-order chi connectivity index (χ0) is 19.2. The van der Waals surface area contributed by atoms with Crippen molar-refractivity contribution in [2.45, 2.75) is 23.9 Å². The number of ether oxygens (including phenoxy) is 1. The van der Waals surface area contributed by atoms with E-state index in [1.165, 1.54) is 18.3 Å². The van der Waals surface area contributed by atoms with Crippen LogP contribution < -0.4 is 4.74 Å². The molecule has 1 aromatic rings. The first-order valence-corrected chi connectivity index (χ1v) is 9.50. The van der Waals surface area contributed by atoms with E-state index in [-0.39, 0.29) is 31.5 Å². The summed E-state index contributed by atoms with van der Waals surface area (Å²) >= 11 is 0. The molecule has 0 saturated carbocycles. The van der Waals surface area contributed by atoms with Gasteiger partial charge >= 0.3 is 15.5 Å². The molecule has 0 N–H and O–H groups in total. The van der Waals surface area contributed by atoms with Crippen molar-refractivity contribution >= 4 is 10.0 Å². The number of piperidine rings is 1. The molecule has 6 nitrogen and oxygen atoms in total. The molecule has 0 bridgehead atoms. The van der Waals surface area contributed by atoms with Crippen LogP contribution in [-0.2, 0) is 10.0 Å². The summed E-state index contributed by atoms with van der Waals surface area (Å²) in [6.45, 7) is 0.355. The summed E-state index contributed by atoms with van der Waals surface area (Å²) in [6.07, 6.45) is 2.60. The van der Waals surface area contributed by atoms with Gasteiger partial charge in [0.05, 0.1) is 6.61 Å². The van der Waals surface area contributed by atoms with E-state index in [1.54, 1.807) is 7.05 Å². The predicted octanol–water partition coefficient (Wildman–Crippen LogP) is 1.85. The number of halogens is 4. The zero-order valence-electron chi connectivity index (χ0n) is 14.0. The minimum atomic E-state index is -5.30. The normalized spacial score (nSPS) is 24.4. The lowest BCUT2D eigenvalue weighted by molar-refractivity contribution is -0.0762. The molecule has 0 aromatic carbocycles. The Bertz CT molecular complexity index is 766. The molecule has 11 heteroatoms. The molecule has 0 radical (unpaired) electrons. The van der Waals surface area contributed by atoms with Crippen molar-refractivity contribution in [1.29, 1.82) is 0 Å². The molecule has 3 rings (SSSR count). The summed E-state index contributed by atoms with van der Waals surface area (Å²) < 4.78 is 80.5. The largest absolute Gasteiger partial charge is 0.511 e. The van der Waals surface area contributed by atoms with Gasteiger partial charge in [0.2, 0.25) is 5.88 Å². The van der Waals surface area contributed by atoms with Crippen molar-refractivity contribution in [3.8, 4) is 5.88 Å². The molecule has 2 fully saturated rings. The molecular weight excluding hydrogens is 378 g/mol. The third kappa shape index (κ3) is 3.39. The van der Waals surface area contributed by atoms with Gasteiger partial charge in [-0.3, -0.25) is 4.90 Å². The molecule has 1 spiro atoms. The Hall–Kier alpha value is -1.46. The van der Waals surface area contributed by atoms with Crippen molar-refractivity contribution in [1.82, 2.24) is 14.2 Å². The van der Waals surface area contributed by atoms with E-state index in [0.717, 1.165) is 6.42 Å². The van der Waals surface area contributed by atoms with Crippen LogP contribution in [0.1, 0.15) is 12.8 Å². The van der Waals surface area contributed by atoms with Crippen molar-refractivity contribution in [3.05, 3.63) is 24.1 Å². The highest BCUT2D eigenvalue weighted by molar-refractivity contribution is 7.90. The van der Waals surface area contributed by atoms with Gasteiger partial charge in [0.25, 0.3) is 0 Å². The van der Waals surface area contributed by atoms with Gasteiger partial charge in [-0.15, -0.1) is 0 Å². The summed E-state index contributed by atoms with van der Waals surface area (Å²) in [5, 5.41) is 0. The van der Waals surface area contributed by atoms with E-state index in [2.05, 4.69) is 4.98 Å². The number of alkyl halides is 3. The topological polar surface area (TPSA) is 62.7 Å². The second-order valence-corrected chi connectivity index (χ2v) is 8.75. The molecule has 2 aliphatic rings. The average Bonchev–Trinajstić information content (AvgIpc) is 2.52. The van der Waals surface area contributed by atoms with Crippen LogP contribution in [0.2, 0.25) is 0 Å². The maximum Gasteiger partial charge on any atom is 0.511 e. The summed E-state index contributed by atoms with van der Waals surface area (Å²) in [4.78, 5) is 5.70. The van der Waals surface area contributed by atoms with Gasteiger partial charge in [-0.1, -0.05) is 0 Å². The summed E-state index contributed by atoms with van der Waals surface area (Å²) in [7, 11) is -3.53. The predicted molar refractivity (Wildman–Crippen MR) is 84.3 cm³/mol. The molecular formula is C15H19F4N3O3S. The summed E-state index contributed by atoms with van der Waals surface area (Å²) in [5.74, 6) is -0.722. The number of likely N-dealkylation sites (tertiary alicyclic amines) is 1. The van der Waals surface area contributed by atoms with Crippen LogP contribution in [0.3, 0.4) is 0 Å². The standard InChI is InChI=1S/C15H19F4N3O3S/c1-21-6-4-11(8-25-13-12(16)3-2-5-20-13)7-14(21)9-22(10-14)26(23,24)15(17,18)19/h2-3,5,11H,4,6-10H2,1H3/t11-/m1/s1. The number of sulfonamides is 1. The highest BCUT2D eigenvalue weighted by atomic mass is 32.2. The lowest BCUT2D eigenvalue weighted by Crippen LogP contribution is -2.73. The fraction of sp³-hybridized carbons (Fsp3) is 0.667. The SMILES string of the molecule is CN1CC[C@@H](COc2ncccc2F)CC12CN(S(=O)(=O)C(F)(F)F)C2. The minimum Gasteiger partial charge on any atom is -0.475 e. The molecule has 2 aliphatic heterocycles. The van der Waals surface area contributed by atoms with Gasteiger partial charge in [0, 0.05) is 24.8 Å².